The molecule has 0 saturated heterocycles. The highest BCUT2D eigenvalue weighted by Crippen LogP contribution is 2.09. The van der Waals surface area contributed by atoms with Crippen molar-refractivity contribution < 1.29 is 15.4 Å². The molecule has 0 heterocycles. The fourth-order valence-corrected chi connectivity index (χ4v) is 0.556. The van der Waals surface area contributed by atoms with Gasteiger partial charge in [-0.05, 0) is 19.0 Å². The second-order valence-corrected chi connectivity index (χ2v) is 1.79. The van der Waals surface area contributed by atoms with E-state index in [-0.39, 0.29) is 5.57 Å². The summed E-state index contributed by atoms with van der Waals surface area (Å²) < 4.78 is 29.0. The molecule has 0 atom stereocenters. The van der Waals surface area contributed by atoms with Gasteiger partial charge >= 0.3 is 0 Å². The van der Waals surface area contributed by atoms with Crippen LogP contribution in [0.15, 0.2) is 35.5 Å². The van der Waals surface area contributed by atoms with E-state index in [4.69, 9.17) is 10.6 Å². The molecule has 0 aromatic carbocycles. The number of carbonyl (C=O) groups excluding carboxylic acids is 1. The van der Waals surface area contributed by atoms with Crippen molar-refractivity contribution in [3.63, 3.8) is 0 Å². The zero-order valence-electron chi connectivity index (χ0n) is 9.36. The highest BCUT2D eigenvalue weighted by atomic mass is 16.3. The second-order valence-electron chi connectivity index (χ2n) is 1.79. The summed E-state index contributed by atoms with van der Waals surface area (Å²) in [6.07, 6.45) is 0. The molecule has 0 spiro atoms. The minimum Gasteiger partial charge on any atom is -0.512 e. The summed E-state index contributed by atoms with van der Waals surface area (Å²) in [5.74, 6) is -1.28. The number of aliphatic hydroxyl groups is 1. The van der Waals surface area contributed by atoms with Crippen molar-refractivity contribution in [2.75, 3.05) is 0 Å². The molecule has 1 rings (SSSR count). The van der Waals surface area contributed by atoms with Gasteiger partial charge < -0.3 is 5.11 Å². The third kappa shape index (κ3) is 1.16. The van der Waals surface area contributed by atoms with Crippen molar-refractivity contribution in [1.29, 1.82) is 0 Å². The van der Waals surface area contributed by atoms with Gasteiger partial charge in [-0.2, -0.15) is 0 Å². The lowest BCUT2D eigenvalue weighted by atomic mass is 10.1. The number of allylic oxidation sites excluding steroid dienone is 6. The number of hydrogen-bond acceptors (Lipinski definition) is 2. The normalized spacial score (nSPS) is 31.1. The molecular weight excluding hydrogens is 128 g/mol. The Kier molecular flexibility index (Phi) is 0.804. The molecule has 1 aliphatic carbocycles. The average Bonchev–Trinajstić information content (AvgIpc) is 2.11. The maximum absolute atomic E-state index is 11.3. The lowest BCUT2D eigenvalue weighted by molar-refractivity contribution is -0.111. The topological polar surface area (TPSA) is 37.3 Å². The molecule has 0 aromatic rings. The van der Waals surface area contributed by atoms with E-state index in [2.05, 4.69) is 0 Å². The van der Waals surface area contributed by atoms with Crippen molar-refractivity contribution in [2.45, 2.75) is 6.92 Å². The molecular formula is C8H8O2. The van der Waals surface area contributed by atoms with Crippen LogP contribution < -0.4 is 0 Å². The predicted molar refractivity (Wildman–Crippen MR) is 38.6 cm³/mol. The highest BCUT2D eigenvalue weighted by Gasteiger charge is 2.07. The number of ketones is 1. The monoisotopic (exact) mass is 140 g/mol. The van der Waals surface area contributed by atoms with Gasteiger partial charge in [-0.1, -0.05) is 12.1 Å². The van der Waals surface area contributed by atoms with Gasteiger partial charge in [-0.25, -0.2) is 0 Å². The predicted octanol–water partition coefficient (Wildman–Crippen LogP) is 1.51. The van der Waals surface area contributed by atoms with Crippen molar-refractivity contribution >= 4 is 5.78 Å². The summed E-state index contributed by atoms with van der Waals surface area (Å²) in [6, 6.07) is -2.26. The summed E-state index contributed by atoms with van der Waals surface area (Å²) >= 11 is 0. The molecule has 1 aliphatic rings. The van der Waals surface area contributed by atoms with Crippen LogP contribution in [0.25, 0.3) is 0 Å². The number of rotatable bonds is 0. The first kappa shape index (κ1) is 3.19. The van der Waals surface area contributed by atoms with Gasteiger partial charge in [0.25, 0.3) is 0 Å². The molecule has 52 valence electrons. The number of hydrogen-bond donors (Lipinski definition) is 1. The van der Waals surface area contributed by atoms with Crippen LogP contribution in [0.2, 0.25) is 0 Å². The highest BCUT2D eigenvalue weighted by molar-refractivity contribution is 6.07. The smallest absolute Gasteiger partial charge is 0.189 e. The van der Waals surface area contributed by atoms with E-state index in [0.717, 1.165) is 0 Å². The summed E-state index contributed by atoms with van der Waals surface area (Å²) in [5.41, 5.74) is -0.365. The van der Waals surface area contributed by atoms with Crippen molar-refractivity contribution in [3.8, 4) is 0 Å². The summed E-state index contributed by atoms with van der Waals surface area (Å²) in [4.78, 5) is 11.3. The van der Waals surface area contributed by atoms with Gasteiger partial charge in [0.1, 0.15) is 5.76 Å². The molecule has 2 heteroatoms. The van der Waals surface area contributed by atoms with E-state index in [1.807, 2.05) is 0 Å². The van der Waals surface area contributed by atoms with Gasteiger partial charge in [-0.3, -0.25) is 4.79 Å². The Morgan fingerprint density at radius 3 is 2.80 bits per heavy atom. The maximum Gasteiger partial charge on any atom is 0.189 e. The van der Waals surface area contributed by atoms with Gasteiger partial charge in [0.15, 0.2) is 5.78 Å². The van der Waals surface area contributed by atoms with E-state index >= 15 is 0 Å². The Hall–Kier alpha value is -1.31. The van der Waals surface area contributed by atoms with Crippen LogP contribution >= 0.6 is 0 Å². The van der Waals surface area contributed by atoms with Crippen LogP contribution in [-0.2, 0) is 4.79 Å². The number of aliphatic hydroxyl groups excluding tert-OH is 1. The first-order valence-electron chi connectivity index (χ1n) is 4.68. The Morgan fingerprint density at radius 2 is 2.20 bits per heavy atom. The Balaban J connectivity index is 3.50. The third-order valence-electron chi connectivity index (χ3n) is 1.01. The van der Waals surface area contributed by atoms with Crippen LogP contribution in [0.5, 0.6) is 0 Å². The van der Waals surface area contributed by atoms with Gasteiger partial charge in [0, 0.05) is 0 Å². The lowest BCUT2D eigenvalue weighted by Gasteiger charge is -2.00. The molecule has 2 nitrogen and oxygen atoms in total. The molecule has 0 fully saturated rings. The molecule has 0 amide bonds. The zero-order chi connectivity index (χ0) is 11.0. The van der Waals surface area contributed by atoms with Crippen LogP contribution in [0.1, 0.15) is 12.4 Å². The number of carbonyl (C=O) groups is 1. The summed E-state index contributed by atoms with van der Waals surface area (Å²) in [6.45, 7) is 1.21. The van der Waals surface area contributed by atoms with Gasteiger partial charge in [0.2, 0.25) is 0 Å². The van der Waals surface area contributed by atoms with Crippen LogP contribution in [0.4, 0.5) is 0 Å². The molecule has 0 saturated carbocycles. The van der Waals surface area contributed by atoms with Crippen LogP contribution in [0.3, 0.4) is 0 Å². The lowest BCUT2D eigenvalue weighted by Crippen LogP contribution is -2.01. The first-order chi connectivity index (χ1) is 6.37. The van der Waals surface area contributed by atoms with E-state index in [1.165, 1.54) is 6.92 Å². The molecule has 0 aromatic heterocycles. The van der Waals surface area contributed by atoms with Crippen LogP contribution in [-0.4, -0.2) is 10.9 Å². The largest absolute Gasteiger partial charge is 0.512 e. The molecule has 1 N–H and O–H groups in total. The quantitative estimate of drug-likeness (QED) is 0.409. The standard InChI is InChI=1S/C8H8O2/c1-6(9)7-4-2-3-5-8(7)10/h2-5,9H,1H3/i2D,3D,4D,5D. The average molecular weight is 140 g/mol. The SMILES string of the molecule is [2H]C1=C([2H])C([2H])=C([2H])C(=C(C)O)C1=O. The first-order valence-corrected chi connectivity index (χ1v) is 2.68. The van der Waals surface area contributed by atoms with Crippen molar-refractivity contribution in [1.82, 2.24) is 0 Å². The fraction of sp³-hybridized carbons (Fsp3) is 0.125. The maximum atomic E-state index is 11.3. The Bertz CT molecular complexity index is 400. The Labute approximate surface area is 64.8 Å². The van der Waals surface area contributed by atoms with Crippen LogP contribution in [0, 0.1) is 0 Å². The van der Waals surface area contributed by atoms with E-state index < -0.39 is 35.8 Å². The Morgan fingerprint density at radius 1 is 1.60 bits per heavy atom. The molecule has 0 aliphatic heterocycles. The molecule has 0 radical (unpaired) electrons. The van der Waals surface area contributed by atoms with Crippen molar-refractivity contribution in [3.05, 3.63) is 35.5 Å². The molecule has 0 bridgehead atoms. The summed E-state index contributed by atoms with van der Waals surface area (Å²) in [5, 5.41) is 9.09. The summed E-state index contributed by atoms with van der Waals surface area (Å²) in [7, 11) is 0. The molecule has 10 heavy (non-hydrogen) atoms. The minimum absolute atomic E-state index is 0.365. The van der Waals surface area contributed by atoms with Crippen molar-refractivity contribution in [2.24, 2.45) is 0 Å². The van der Waals surface area contributed by atoms with E-state index in [9.17, 15) is 4.79 Å². The third-order valence-corrected chi connectivity index (χ3v) is 1.01. The zero-order valence-corrected chi connectivity index (χ0v) is 5.36. The van der Waals surface area contributed by atoms with Gasteiger partial charge in [-0.15, -0.1) is 0 Å². The fourth-order valence-electron chi connectivity index (χ4n) is 0.556. The van der Waals surface area contributed by atoms with Gasteiger partial charge in [0.05, 0.1) is 11.1 Å². The second kappa shape index (κ2) is 2.52. The minimum atomic E-state index is -0.879. The van der Waals surface area contributed by atoms with E-state index in [0.29, 0.717) is 0 Å². The van der Waals surface area contributed by atoms with E-state index in [1.54, 1.807) is 0 Å². The molecule has 0 unspecified atom stereocenters.